The van der Waals surface area contributed by atoms with Crippen molar-refractivity contribution in [3.8, 4) is 0 Å². The molecule has 1 aromatic rings. The van der Waals surface area contributed by atoms with Crippen LogP contribution in [0.4, 0.5) is 0 Å². The van der Waals surface area contributed by atoms with Gasteiger partial charge in [0.25, 0.3) is 5.91 Å². The van der Waals surface area contributed by atoms with Crippen molar-refractivity contribution in [2.75, 3.05) is 32.8 Å². The van der Waals surface area contributed by atoms with Crippen molar-refractivity contribution in [1.29, 1.82) is 0 Å². The molecule has 1 heterocycles. The molecule has 1 radical (unpaired) electrons. The molecule has 0 spiro atoms. The first-order valence-electron chi connectivity index (χ1n) is 22.7. The van der Waals surface area contributed by atoms with Gasteiger partial charge in [0.05, 0.1) is 13.2 Å². The van der Waals surface area contributed by atoms with Crippen molar-refractivity contribution in [1.82, 2.24) is 39.3 Å². The van der Waals surface area contributed by atoms with E-state index >= 15 is 0 Å². The van der Waals surface area contributed by atoms with E-state index in [-0.39, 0.29) is 131 Å². The molecular weight excluding hydrogens is 912 g/mol. The number of carbonyl (C=O) groups excluding carboxylic acids is 7. The largest absolute Gasteiger partial charge is 3.00 e. The number of rotatable bonds is 36. The Morgan fingerprint density at radius 3 is 1.30 bits per heavy atom. The summed E-state index contributed by atoms with van der Waals surface area (Å²) in [5.74, 6) is -4.00. The number of hydrogen-bond donors (Lipinski definition) is 6. The fourth-order valence-corrected chi connectivity index (χ4v) is 6.61. The molecule has 0 bridgehead atoms. The molecule has 23 nitrogen and oxygen atoms in total. The Balaban J connectivity index is 0.0000422. The number of amides is 5. The van der Waals surface area contributed by atoms with Gasteiger partial charge in [-0.1, -0.05) is 39.0 Å². The summed E-state index contributed by atoms with van der Waals surface area (Å²) in [7, 11) is 0. The molecule has 1 atom stereocenters. The van der Waals surface area contributed by atoms with E-state index < -0.39 is 72.1 Å². The van der Waals surface area contributed by atoms with E-state index in [0.29, 0.717) is 47.3 Å². The number of aromatic nitrogens is 3. The molecule has 0 saturated carbocycles. The minimum absolute atomic E-state index is 0. The number of nitrogens with one attached hydrogen (secondary N) is 1. The summed E-state index contributed by atoms with van der Waals surface area (Å²) in [6.07, 6.45) is 8.30. The summed E-state index contributed by atoms with van der Waals surface area (Å²) in [5.41, 5.74) is -2.73. The number of aliphatic hydroxyl groups is 1. The van der Waals surface area contributed by atoms with Gasteiger partial charge in [-0.15, -0.1) is 0 Å². The average Bonchev–Trinajstić information content (AvgIpc) is 3.27. The van der Waals surface area contributed by atoms with Crippen LogP contribution in [0.5, 0.6) is 0 Å². The summed E-state index contributed by atoms with van der Waals surface area (Å²) in [6, 6.07) is -1.58. The van der Waals surface area contributed by atoms with Crippen LogP contribution >= 0.6 is 0 Å². The number of Topliss-reactive ketones (excluding diaryl/α,β-unsaturated/α-hetero) is 2. The monoisotopic (exact) mass is 984 g/mol. The second-order valence-electron chi connectivity index (χ2n) is 16.0. The topological polar surface area (TPSA) is 312 Å². The molecule has 375 valence electrons. The normalized spacial score (nSPS) is 11.3. The summed E-state index contributed by atoms with van der Waals surface area (Å²) >= 11 is 0. The van der Waals surface area contributed by atoms with Crippen molar-refractivity contribution in [2.24, 2.45) is 0 Å². The van der Waals surface area contributed by atoms with Crippen LogP contribution in [0.15, 0.2) is 14.4 Å². The zero-order chi connectivity index (χ0) is 48.9. The molecule has 0 aliphatic rings. The Bertz CT molecular complexity index is 1800. The number of hydroxylamine groups is 8. The molecule has 0 fully saturated rings. The summed E-state index contributed by atoms with van der Waals surface area (Å²) < 4.78 is 2.52. The molecule has 6 N–H and O–H groups in total. The molecular formula is C42H72FeN8O15+3. The van der Waals surface area contributed by atoms with Crippen LogP contribution in [0.3, 0.4) is 0 Å². The Morgan fingerprint density at radius 1 is 0.500 bits per heavy atom. The molecule has 5 amide bonds. The van der Waals surface area contributed by atoms with Crippen LogP contribution < -0.4 is 22.4 Å². The van der Waals surface area contributed by atoms with E-state index in [2.05, 4.69) is 12.2 Å². The first-order valence-corrected chi connectivity index (χ1v) is 22.7. The molecule has 0 aromatic carbocycles. The van der Waals surface area contributed by atoms with Crippen LogP contribution in [-0.4, -0.2) is 140 Å². The van der Waals surface area contributed by atoms with Crippen molar-refractivity contribution in [2.45, 2.75) is 175 Å². The van der Waals surface area contributed by atoms with Crippen molar-refractivity contribution >= 4 is 41.1 Å². The standard InChI is InChI=1S/C42H72N8O15.Fe/c1-4-5-6-7-9-18-34(54)19-10-8-11-20-35(55)23-30-50(65)39(58)36(31-51)43-37(56)21-22-38(57)49(64)29-17-14-26-46-41(60)44(24-12-15-27-47(62)32(2)52)40(59)45(42(46)61)25-13-16-28-48(63)33(3)53;/h36,51,62-65H,4-31H2,1-3H3,(H,43,56);/q;+3/t36-;/m1./s1. The SMILES string of the molecule is CCCCCCCC(=O)CCCCCC(=O)CCN(O)C(=O)[C@@H](CO)NC(=O)CCC(=O)N(O)CCCCn1c(=O)n(CCCCN(O)C(C)=O)c(=O)n(CCCCN(O)C(C)=O)c1=O.[Fe+3]. The molecule has 1 rings (SSSR count). The maximum Gasteiger partial charge on any atom is 3.00 e. The van der Waals surface area contributed by atoms with E-state index in [0.717, 1.165) is 53.2 Å². The van der Waals surface area contributed by atoms with Crippen molar-refractivity contribution in [3.63, 3.8) is 0 Å². The van der Waals surface area contributed by atoms with Gasteiger partial charge in [0.15, 0.2) is 0 Å². The number of hydrogen-bond acceptors (Lipinski definition) is 15. The van der Waals surface area contributed by atoms with Crippen molar-refractivity contribution < 1.29 is 76.6 Å². The predicted octanol–water partition coefficient (Wildman–Crippen LogP) is 1.52. The number of ketones is 2. The Morgan fingerprint density at radius 2 is 0.894 bits per heavy atom. The Hall–Kier alpha value is -4.58. The summed E-state index contributed by atoms with van der Waals surface area (Å²) in [4.78, 5) is 125. The van der Waals surface area contributed by atoms with Crippen LogP contribution in [-0.2, 0) is 70.3 Å². The first-order chi connectivity index (χ1) is 30.9. The van der Waals surface area contributed by atoms with Gasteiger partial charge in [0.2, 0.25) is 23.6 Å². The fraction of sp³-hybridized carbons (Fsp3) is 0.762. The third kappa shape index (κ3) is 24.3. The van der Waals surface area contributed by atoms with E-state index in [1.165, 1.54) is 6.42 Å². The van der Waals surface area contributed by atoms with Crippen LogP contribution in [0.25, 0.3) is 0 Å². The number of aliphatic hydroxyl groups excluding tert-OH is 1. The quantitative estimate of drug-likeness (QED) is 0.0240. The molecule has 1 aromatic heterocycles. The maximum absolute atomic E-state index is 13.3. The molecule has 0 aliphatic heterocycles. The second kappa shape index (κ2) is 34.7. The summed E-state index contributed by atoms with van der Waals surface area (Å²) in [5, 5.41) is 53.2. The smallest absolute Gasteiger partial charge is 0.394 e. The van der Waals surface area contributed by atoms with Gasteiger partial charge in [0, 0.05) is 91.6 Å². The first kappa shape index (κ1) is 61.4. The number of unbranched alkanes of at least 4 members (excludes halogenated alkanes) is 9. The van der Waals surface area contributed by atoms with E-state index in [1.54, 1.807) is 0 Å². The third-order valence-corrected chi connectivity index (χ3v) is 10.6. The van der Waals surface area contributed by atoms with Gasteiger partial charge in [0.1, 0.15) is 17.6 Å². The molecule has 66 heavy (non-hydrogen) atoms. The maximum atomic E-state index is 13.3. The predicted molar refractivity (Wildman–Crippen MR) is 232 cm³/mol. The van der Waals surface area contributed by atoms with Gasteiger partial charge in [-0.2, -0.15) is 0 Å². The van der Waals surface area contributed by atoms with Gasteiger partial charge in [-0.05, 0) is 57.8 Å². The second-order valence-corrected chi connectivity index (χ2v) is 16.0. The van der Waals surface area contributed by atoms with Gasteiger partial charge in [-0.25, -0.2) is 48.3 Å². The van der Waals surface area contributed by atoms with Gasteiger partial charge < -0.3 is 10.4 Å². The molecule has 0 saturated heterocycles. The minimum Gasteiger partial charge on any atom is -0.394 e. The van der Waals surface area contributed by atoms with Gasteiger partial charge in [-0.3, -0.25) is 54.4 Å². The van der Waals surface area contributed by atoms with Crippen LogP contribution in [0, 0.1) is 0 Å². The third-order valence-electron chi connectivity index (χ3n) is 10.6. The Labute approximate surface area is 395 Å². The number of carbonyl (C=O) groups is 7. The molecule has 0 unspecified atom stereocenters. The van der Waals surface area contributed by atoms with Crippen LogP contribution in [0.1, 0.15) is 149 Å². The van der Waals surface area contributed by atoms with Crippen LogP contribution in [0.2, 0.25) is 0 Å². The zero-order valence-electron chi connectivity index (χ0n) is 38.7. The average molecular weight is 985 g/mol. The number of nitrogens with zero attached hydrogens (tertiary/aromatic N) is 7. The molecule has 24 heteroatoms. The summed E-state index contributed by atoms with van der Waals surface area (Å²) in [6.45, 7) is 2.25. The minimum atomic E-state index is -1.58. The van der Waals surface area contributed by atoms with Crippen molar-refractivity contribution in [3.05, 3.63) is 31.5 Å². The van der Waals surface area contributed by atoms with E-state index in [4.69, 9.17) is 0 Å². The molecule has 0 aliphatic carbocycles. The zero-order valence-corrected chi connectivity index (χ0v) is 39.8. The van der Waals surface area contributed by atoms with Gasteiger partial charge >= 0.3 is 34.1 Å². The fourth-order valence-electron chi connectivity index (χ4n) is 6.61. The van der Waals surface area contributed by atoms with E-state index in [1.807, 2.05) is 0 Å². The Kier molecular flexibility index (Phi) is 32.3. The van der Waals surface area contributed by atoms with E-state index in [9.17, 15) is 73.9 Å².